The maximum absolute atomic E-state index is 12.7. The summed E-state index contributed by atoms with van der Waals surface area (Å²) in [7, 11) is 4.21. The lowest BCUT2D eigenvalue weighted by atomic mass is 9.95. The standard InChI is InChI=1S/C21H25ClN2O/c1-24(2)21(12-5-6-13-21)15-23-20(25)17-9-7-8-16(14-17)18-10-3-4-11-19(18)22/h3-4,7-11,14H,5-6,12-13,15H2,1-2H3,(H,23,25). The molecule has 0 radical (unpaired) electrons. The molecule has 2 aromatic rings. The summed E-state index contributed by atoms with van der Waals surface area (Å²) in [5.41, 5.74) is 2.67. The van der Waals surface area contributed by atoms with E-state index >= 15 is 0 Å². The highest BCUT2D eigenvalue weighted by molar-refractivity contribution is 6.33. The third-order valence-electron chi connectivity index (χ3n) is 5.37. The first kappa shape index (κ1) is 18.0. The number of carbonyl (C=O) groups is 1. The number of benzene rings is 2. The fraction of sp³-hybridized carbons (Fsp3) is 0.381. The van der Waals surface area contributed by atoms with Crippen LogP contribution < -0.4 is 5.32 Å². The maximum atomic E-state index is 12.7. The Kier molecular flexibility index (Phi) is 5.45. The van der Waals surface area contributed by atoms with E-state index < -0.39 is 0 Å². The van der Waals surface area contributed by atoms with Gasteiger partial charge in [0, 0.05) is 28.2 Å². The van der Waals surface area contributed by atoms with Crippen molar-refractivity contribution in [2.75, 3.05) is 20.6 Å². The Bertz CT molecular complexity index is 751. The van der Waals surface area contributed by atoms with Crippen LogP contribution >= 0.6 is 11.6 Å². The first-order valence-electron chi connectivity index (χ1n) is 8.82. The summed E-state index contributed by atoms with van der Waals surface area (Å²) in [6, 6.07) is 15.4. The molecule has 3 nitrogen and oxygen atoms in total. The van der Waals surface area contributed by atoms with E-state index in [4.69, 9.17) is 11.6 Å². The molecule has 25 heavy (non-hydrogen) atoms. The predicted octanol–water partition coefficient (Wildman–Crippen LogP) is 4.61. The Morgan fingerprint density at radius 2 is 1.84 bits per heavy atom. The van der Waals surface area contributed by atoms with Crippen LogP contribution in [0.3, 0.4) is 0 Å². The number of amides is 1. The molecule has 3 rings (SSSR count). The monoisotopic (exact) mass is 356 g/mol. The van der Waals surface area contributed by atoms with Crippen molar-refractivity contribution in [3.8, 4) is 11.1 Å². The lowest BCUT2D eigenvalue weighted by Crippen LogP contribution is -2.50. The van der Waals surface area contributed by atoms with Gasteiger partial charge >= 0.3 is 0 Å². The summed E-state index contributed by atoms with van der Waals surface area (Å²) in [5, 5.41) is 3.83. The summed E-state index contributed by atoms with van der Waals surface area (Å²) < 4.78 is 0. The highest BCUT2D eigenvalue weighted by atomic mass is 35.5. The van der Waals surface area contributed by atoms with Gasteiger partial charge < -0.3 is 10.2 Å². The van der Waals surface area contributed by atoms with Crippen molar-refractivity contribution < 1.29 is 4.79 Å². The van der Waals surface area contributed by atoms with E-state index in [0.29, 0.717) is 17.1 Å². The number of nitrogens with zero attached hydrogens (tertiary/aromatic N) is 1. The Morgan fingerprint density at radius 3 is 2.52 bits per heavy atom. The average Bonchev–Trinajstić information content (AvgIpc) is 3.10. The molecule has 1 N–H and O–H groups in total. The molecule has 0 atom stereocenters. The molecule has 0 unspecified atom stereocenters. The van der Waals surface area contributed by atoms with E-state index in [1.807, 2.05) is 48.5 Å². The molecule has 1 aliphatic carbocycles. The van der Waals surface area contributed by atoms with E-state index in [1.165, 1.54) is 12.8 Å². The largest absolute Gasteiger partial charge is 0.350 e. The molecule has 132 valence electrons. The fourth-order valence-electron chi connectivity index (χ4n) is 3.69. The molecule has 0 spiro atoms. The van der Waals surface area contributed by atoms with Crippen molar-refractivity contribution in [3.63, 3.8) is 0 Å². The molecular weight excluding hydrogens is 332 g/mol. The number of rotatable bonds is 5. The number of hydrogen-bond donors (Lipinski definition) is 1. The third-order valence-corrected chi connectivity index (χ3v) is 5.70. The molecular formula is C21H25ClN2O. The van der Waals surface area contributed by atoms with E-state index in [9.17, 15) is 4.79 Å². The quantitative estimate of drug-likeness (QED) is 0.848. The first-order valence-corrected chi connectivity index (χ1v) is 9.20. The highest BCUT2D eigenvalue weighted by Gasteiger charge is 2.36. The summed E-state index contributed by atoms with van der Waals surface area (Å²) in [5.74, 6) is -0.0259. The molecule has 1 aliphatic rings. The van der Waals surface area contributed by atoms with Gasteiger partial charge in [0.05, 0.1) is 0 Å². The Morgan fingerprint density at radius 1 is 1.12 bits per heavy atom. The molecule has 1 saturated carbocycles. The number of likely N-dealkylation sites (N-methyl/N-ethyl adjacent to an activating group) is 1. The van der Waals surface area contributed by atoms with Crippen LogP contribution in [0, 0.1) is 0 Å². The van der Waals surface area contributed by atoms with Crippen LogP contribution in [0.4, 0.5) is 0 Å². The number of halogens is 1. The van der Waals surface area contributed by atoms with Crippen LogP contribution in [0.1, 0.15) is 36.0 Å². The number of hydrogen-bond acceptors (Lipinski definition) is 2. The van der Waals surface area contributed by atoms with Gasteiger partial charge in [-0.25, -0.2) is 0 Å². The van der Waals surface area contributed by atoms with Crippen LogP contribution in [-0.4, -0.2) is 37.0 Å². The molecule has 0 saturated heterocycles. The predicted molar refractivity (Wildman–Crippen MR) is 104 cm³/mol. The van der Waals surface area contributed by atoms with Gasteiger partial charge in [0.1, 0.15) is 0 Å². The van der Waals surface area contributed by atoms with Crippen LogP contribution in [0.2, 0.25) is 5.02 Å². The van der Waals surface area contributed by atoms with Crippen LogP contribution in [-0.2, 0) is 0 Å². The zero-order valence-corrected chi connectivity index (χ0v) is 15.6. The smallest absolute Gasteiger partial charge is 0.251 e. The van der Waals surface area contributed by atoms with Gasteiger partial charge in [-0.15, -0.1) is 0 Å². The normalized spacial score (nSPS) is 16.2. The van der Waals surface area contributed by atoms with Crippen molar-refractivity contribution in [3.05, 3.63) is 59.1 Å². The lowest BCUT2D eigenvalue weighted by molar-refractivity contribution is 0.0900. The molecule has 0 bridgehead atoms. The van der Waals surface area contributed by atoms with Gasteiger partial charge in [-0.05, 0) is 50.7 Å². The Labute approximate surface area is 155 Å². The first-order chi connectivity index (χ1) is 12.0. The number of carbonyl (C=O) groups excluding carboxylic acids is 1. The van der Waals surface area contributed by atoms with Gasteiger partial charge in [-0.1, -0.05) is 54.8 Å². The molecule has 0 heterocycles. The summed E-state index contributed by atoms with van der Waals surface area (Å²) in [6.07, 6.45) is 4.74. The van der Waals surface area contributed by atoms with Gasteiger partial charge in [-0.2, -0.15) is 0 Å². The van der Waals surface area contributed by atoms with E-state index in [-0.39, 0.29) is 11.4 Å². The van der Waals surface area contributed by atoms with Gasteiger partial charge in [0.25, 0.3) is 5.91 Å². The second-order valence-corrected chi connectivity index (χ2v) is 7.48. The summed E-state index contributed by atoms with van der Waals surface area (Å²) >= 11 is 6.28. The minimum Gasteiger partial charge on any atom is -0.350 e. The Balaban J connectivity index is 1.75. The third kappa shape index (κ3) is 3.88. The SMILES string of the molecule is CN(C)C1(CNC(=O)c2cccc(-c3ccccc3Cl)c2)CCCC1. The van der Waals surface area contributed by atoms with Crippen molar-refractivity contribution in [1.82, 2.24) is 10.2 Å². The molecule has 1 amide bonds. The summed E-state index contributed by atoms with van der Waals surface area (Å²) in [4.78, 5) is 14.9. The van der Waals surface area contributed by atoms with E-state index in [0.717, 1.165) is 24.0 Å². The second-order valence-electron chi connectivity index (χ2n) is 7.07. The number of nitrogens with one attached hydrogen (secondary N) is 1. The van der Waals surface area contributed by atoms with Crippen molar-refractivity contribution >= 4 is 17.5 Å². The van der Waals surface area contributed by atoms with Crippen LogP contribution in [0.15, 0.2) is 48.5 Å². The zero-order valence-electron chi connectivity index (χ0n) is 14.9. The Hall–Kier alpha value is -1.84. The fourth-order valence-corrected chi connectivity index (χ4v) is 3.93. The molecule has 4 heteroatoms. The maximum Gasteiger partial charge on any atom is 0.251 e. The van der Waals surface area contributed by atoms with Gasteiger partial charge in [0.2, 0.25) is 0 Å². The van der Waals surface area contributed by atoms with Crippen LogP contribution in [0.25, 0.3) is 11.1 Å². The topological polar surface area (TPSA) is 32.3 Å². The van der Waals surface area contributed by atoms with Crippen LogP contribution in [0.5, 0.6) is 0 Å². The lowest BCUT2D eigenvalue weighted by Gasteiger charge is -2.36. The van der Waals surface area contributed by atoms with Gasteiger partial charge in [-0.3, -0.25) is 4.79 Å². The minimum absolute atomic E-state index is 0.0259. The van der Waals surface area contributed by atoms with Crippen molar-refractivity contribution in [1.29, 1.82) is 0 Å². The van der Waals surface area contributed by atoms with E-state index in [1.54, 1.807) is 0 Å². The molecule has 0 aliphatic heterocycles. The summed E-state index contributed by atoms with van der Waals surface area (Å²) in [6.45, 7) is 0.690. The molecule has 2 aromatic carbocycles. The van der Waals surface area contributed by atoms with Crippen molar-refractivity contribution in [2.45, 2.75) is 31.2 Å². The minimum atomic E-state index is -0.0259. The van der Waals surface area contributed by atoms with Gasteiger partial charge in [0.15, 0.2) is 0 Å². The molecule has 1 fully saturated rings. The zero-order chi connectivity index (χ0) is 17.9. The molecule has 0 aromatic heterocycles. The highest BCUT2D eigenvalue weighted by Crippen LogP contribution is 2.33. The second kappa shape index (κ2) is 7.59. The average molecular weight is 357 g/mol. The van der Waals surface area contributed by atoms with E-state index in [2.05, 4.69) is 24.3 Å². The van der Waals surface area contributed by atoms with Crippen molar-refractivity contribution in [2.24, 2.45) is 0 Å².